The van der Waals surface area contributed by atoms with E-state index >= 15 is 0 Å². The average Bonchev–Trinajstić information content (AvgIpc) is 2.53. The summed E-state index contributed by atoms with van der Waals surface area (Å²) < 4.78 is 20.0. The van der Waals surface area contributed by atoms with Crippen LogP contribution in [0.3, 0.4) is 0 Å². The molecular weight excluding hydrogens is 387 g/mol. The number of nitrogens with zero attached hydrogens (tertiary/aromatic N) is 2. The maximum atomic E-state index is 14.6. The second-order valence-electron chi connectivity index (χ2n) is 7.32. The summed E-state index contributed by atoms with van der Waals surface area (Å²) in [5, 5.41) is 0. The predicted octanol–water partition coefficient (Wildman–Crippen LogP) is 3.27. The molecule has 1 aromatic carbocycles. The smallest absolute Gasteiger partial charge is 0.236 e. The molecule has 2 rings (SSSR count). The number of rotatable bonds is 6. The van der Waals surface area contributed by atoms with E-state index in [2.05, 4.69) is 4.98 Å². The number of primary amides is 1. The van der Waals surface area contributed by atoms with E-state index in [0.29, 0.717) is 18.0 Å². The van der Waals surface area contributed by atoms with E-state index in [0.717, 1.165) is 0 Å². The Morgan fingerprint density at radius 3 is 2.43 bits per heavy atom. The second-order valence-corrected chi connectivity index (χ2v) is 7.32. The third-order valence-electron chi connectivity index (χ3n) is 3.47. The second kappa shape index (κ2) is 9.36. The summed E-state index contributed by atoms with van der Waals surface area (Å²) in [4.78, 5) is 28.7. The minimum Gasteiger partial charge on any atom is -0.454 e. The minimum atomic E-state index is -0.741. The molecule has 0 unspecified atom stereocenters. The quantitative estimate of drug-likeness (QED) is 0.710. The van der Waals surface area contributed by atoms with Crippen molar-refractivity contribution in [2.24, 2.45) is 11.1 Å². The van der Waals surface area contributed by atoms with Crippen LogP contribution < -0.4 is 21.1 Å². The summed E-state index contributed by atoms with van der Waals surface area (Å²) in [6.45, 7) is 6.08. The van der Waals surface area contributed by atoms with Crippen LogP contribution in [0.1, 0.15) is 27.2 Å². The van der Waals surface area contributed by atoms with Crippen LogP contribution in [0.4, 0.5) is 15.9 Å². The first kappa shape index (κ1) is 23.2. The Kier molecular flexibility index (Phi) is 7.75. The monoisotopic (exact) mass is 410 g/mol. The van der Waals surface area contributed by atoms with Crippen molar-refractivity contribution in [3.63, 3.8) is 0 Å². The Labute approximate surface area is 169 Å². The molecule has 0 fully saturated rings. The van der Waals surface area contributed by atoms with Crippen molar-refractivity contribution < 1.29 is 18.7 Å². The van der Waals surface area contributed by atoms with Crippen molar-refractivity contribution in [3.8, 4) is 11.5 Å². The number of carbonyl (C=O) groups is 2. The number of ether oxygens (including phenoxy) is 1. The van der Waals surface area contributed by atoms with Crippen molar-refractivity contribution in [2.75, 3.05) is 17.2 Å². The van der Waals surface area contributed by atoms with Crippen molar-refractivity contribution >= 4 is 35.7 Å². The van der Waals surface area contributed by atoms with Gasteiger partial charge in [-0.3, -0.25) is 9.59 Å². The van der Waals surface area contributed by atoms with Crippen LogP contribution in [0.15, 0.2) is 36.5 Å². The van der Waals surface area contributed by atoms with Crippen LogP contribution in [0.2, 0.25) is 0 Å². The number of halogens is 2. The average molecular weight is 411 g/mol. The minimum absolute atomic E-state index is 0. The predicted molar refractivity (Wildman–Crippen MR) is 108 cm³/mol. The maximum Gasteiger partial charge on any atom is 0.236 e. The Hall–Kier alpha value is -2.87. The lowest BCUT2D eigenvalue weighted by atomic mass is 9.95. The van der Waals surface area contributed by atoms with Gasteiger partial charge in [0, 0.05) is 30.6 Å². The molecule has 0 saturated carbocycles. The van der Waals surface area contributed by atoms with Gasteiger partial charge in [-0.05, 0) is 23.6 Å². The van der Waals surface area contributed by atoms with Gasteiger partial charge < -0.3 is 21.1 Å². The van der Waals surface area contributed by atoms with E-state index in [4.69, 9.17) is 16.2 Å². The lowest BCUT2D eigenvalue weighted by Crippen LogP contribution is -2.39. The molecule has 1 heterocycles. The van der Waals surface area contributed by atoms with Gasteiger partial charge in [0.05, 0.1) is 0 Å². The molecule has 9 heteroatoms. The molecule has 28 heavy (non-hydrogen) atoms. The van der Waals surface area contributed by atoms with E-state index in [9.17, 15) is 14.0 Å². The molecule has 0 aliphatic carbocycles. The number of carbonyl (C=O) groups excluding carboxylic acids is 2. The molecule has 0 radical (unpaired) electrons. The highest BCUT2D eigenvalue weighted by atomic mass is 35.5. The molecule has 2 amide bonds. The molecule has 0 atom stereocenters. The maximum absolute atomic E-state index is 14.6. The van der Waals surface area contributed by atoms with Crippen LogP contribution in [0, 0.1) is 11.2 Å². The third-order valence-corrected chi connectivity index (χ3v) is 3.47. The number of hydrogen-bond donors (Lipinski definition) is 2. The first-order chi connectivity index (χ1) is 12.5. The van der Waals surface area contributed by atoms with Crippen LogP contribution in [-0.2, 0) is 9.59 Å². The van der Waals surface area contributed by atoms with Gasteiger partial charge in [-0.2, -0.15) is 0 Å². The summed E-state index contributed by atoms with van der Waals surface area (Å²) in [7, 11) is 0. The zero-order valence-corrected chi connectivity index (χ0v) is 16.8. The highest BCUT2D eigenvalue weighted by molar-refractivity contribution is 6.04. The van der Waals surface area contributed by atoms with Gasteiger partial charge in [0.15, 0.2) is 11.6 Å². The zero-order valence-electron chi connectivity index (χ0n) is 15.9. The van der Waals surface area contributed by atoms with E-state index in [-0.39, 0.29) is 29.4 Å². The molecule has 152 valence electrons. The Bertz CT molecular complexity index is 855. The van der Waals surface area contributed by atoms with Gasteiger partial charge in [-0.15, -0.1) is 12.4 Å². The fourth-order valence-corrected chi connectivity index (χ4v) is 2.40. The topological polar surface area (TPSA) is 112 Å². The largest absolute Gasteiger partial charge is 0.454 e. The van der Waals surface area contributed by atoms with Crippen molar-refractivity contribution in [1.29, 1.82) is 0 Å². The lowest BCUT2D eigenvalue weighted by Gasteiger charge is -2.30. The van der Waals surface area contributed by atoms with E-state index in [1.54, 1.807) is 12.1 Å². The molecule has 7 nitrogen and oxygen atoms in total. The van der Waals surface area contributed by atoms with E-state index in [1.807, 2.05) is 20.8 Å². The van der Waals surface area contributed by atoms with Crippen LogP contribution in [0.25, 0.3) is 0 Å². The Balaban J connectivity index is 0.00000392. The molecule has 0 bridgehead atoms. The zero-order chi connectivity index (χ0) is 20.2. The van der Waals surface area contributed by atoms with E-state index < -0.39 is 24.1 Å². The summed E-state index contributed by atoms with van der Waals surface area (Å²) in [6.07, 6.45) is 0.997. The first-order valence-electron chi connectivity index (χ1n) is 8.33. The summed E-state index contributed by atoms with van der Waals surface area (Å²) in [6, 6.07) is 7.16. The normalized spacial score (nSPS) is 10.7. The number of nitrogen functional groups attached to an aromatic ring is 1. The lowest BCUT2D eigenvalue weighted by molar-refractivity contribution is -0.126. The molecule has 0 spiro atoms. The summed E-state index contributed by atoms with van der Waals surface area (Å²) >= 11 is 0. The van der Waals surface area contributed by atoms with Crippen LogP contribution in [0.5, 0.6) is 11.5 Å². The van der Waals surface area contributed by atoms with Gasteiger partial charge in [0.25, 0.3) is 0 Å². The molecule has 0 aliphatic rings. The van der Waals surface area contributed by atoms with Crippen LogP contribution >= 0.6 is 12.4 Å². The van der Waals surface area contributed by atoms with Gasteiger partial charge in [0.1, 0.15) is 18.0 Å². The molecule has 4 N–H and O–H groups in total. The number of aromatic nitrogens is 1. The number of hydrogen-bond acceptors (Lipinski definition) is 5. The number of amides is 2. The molecular formula is C19H24ClFN4O3. The van der Waals surface area contributed by atoms with Crippen LogP contribution in [-0.4, -0.2) is 23.3 Å². The fraction of sp³-hybridized carbons (Fsp3) is 0.316. The van der Waals surface area contributed by atoms with Gasteiger partial charge in [0.2, 0.25) is 11.8 Å². The Morgan fingerprint density at radius 2 is 1.89 bits per heavy atom. The molecule has 0 saturated heterocycles. The number of benzene rings is 1. The summed E-state index contributed by atoms with van der Waals surface area (Å²) in [5.41, 5.74) is 10.8. The first-order valence-corrected chi connectivity index (χ1v) is 8.33. The van der Waals surface area contributed by atoms with E-state index in [1.165, 1.54) is 29.3 Å². The molecule has 2 aromatic rings. The highest BCUT2D eigenvalue weighted by Gasteiger charge is 2.24. The van der Waals surface area contributed by atoms with Gasteiger partial charge in [-0.25, -0.2) is 9.37 Å². The highest BCUT2D eigenvalue weighted by Crippen LogP contribution is 2.30. The van der Waals surface area contributed by atoms with Crippen molar-refractivity contribution in [2.45, 2.75) is 27.2 Å². The number of anilines is 2. The number of pyridine rings is 1. The standard InChI is InChI=1S/C19H23FN4O3.ClH/c1-19(2,3)11-24(18(26)10-17(22)25)12-4-5-15(14(20)8-12)27-13-6-7-23-16(21)9-13;/h4-9H,10-11H2,1-3H3,(H2,21,23)(H2,22,25);1H. The molecule has 0 aliphatic heterocycles. The Morgan fingerprint density at radius 1 is 1.21 bits per heavy atom. The third kappa shape index (κ3) is 6.70. The van der Waals surface area contributed by atoms with Crippen molar-refractivity contribution in [1.82, 2.24) is 4.98 Å². The number of nitrogens with two attached hydrogens (primary N) is 2. The van der Waals surface area contributed by atoms with Gasteiger partial charge >= 0.3 is 0 Å². The van der Waals surface area contributed by atoms with Gasteiger partial charge in [-0.1, -0.05) is 20.8 Å². The fourth-order valence-electron chi connectivity index (χ4n) is 2.40. The molecule has 1 aromatic heterocycles. The SMILES string of the molecule is CC(C)(C)CN(C(=O)CC(N)=O)c1ccc(Oc2ccnc(N)c2)c(F)c1.Cl. The van der Waals surface area contributed by atoms with Crippen molar-refractivity contribution in [3.05, 3.63) is 42.3 Å². The summed E-state index contributed by atoms with van der Waals surface area (Å²) in [5.74, 6) is -1.33.